The van der Waals surface area contributed by atoms with Gasteiger partial charge in [0.1, 0.15) is 10.0 Å². The Balaban J connectivity index is 2.48. The summed E-state index contributed by atoms with van der Waals surface area (Å²) in [6.07, 6.45) is 2.26. The summed E-state index contributed by atoms with van der Waals surface area (Å²) in [5.74, 6) is 0.739. The minimum absolute atomic E-state index is 0.334. The Labute approximate surface area is 96.3 Å². The maximum absolute atomic E-state index is 4.22. The predicted octanol–water partition coefficient (Wildman–Crippen LogP) is 2.80. The summed E-state index contributed by atoms with van der Waals surface area (Å²) in [5.41, 5.74) is 0. The molecular formula is C11H21N3S. The van der Waals surface area contributed by atoms with E-state index in [2.05, 4.69) is 43.2 Å². The Kier molecular flexibility index (Phi) is 5.19. The van der Waals surface area contributed by atoms with E-state index in [4.69, 9.17) is 0 Å². The molecule has 0 spiro atoms. The molecule has 4 heteroatoms. The zero-order valence-corrected chi connectivity index (χ0v) is 10.9. The fraction of sp³-hybridized carbons (Fsp3) is 0.818. The second kappa shape index (κ2) is 6.18. The normalized spacial score (nSPS) is 13.4. The van der Waals surface area contributed by atoms with Crippen molar-refractivity contribution in [3.05, 3.63) is 10.0 Å². The van der Waals surface area contributed by atoms with Crippen LogP contribution in [-0.2, 0) is 6.42 Å². The molecule has 0 aliphatic heterocycles. The van der Waals surface area contributed by atoms with E-state index in [0.717, 1.165) is 23.9 Å². The van der Waals surface area contributed by atoms with Gasteiger partial charge in [0.2, 0.25) is 0 Å². The lowest BCUT2D eigenvalue weighted by atomic mass is 10.1. The molecule has 0 saturated carbocycles. The average Bonchev–Trinajstić information content (AvgIpc) is 2.63. The average molecular weight is 227 g/mol. The summed E-state index contributed by atoms with van der Waals surface area (Å²) in [6.45, 7) is 9.70. The molecule has 0 amide bonds. The SMILES string of the molecule is CCNC(C)c1nnc(CCC(C)C)s1. The van der Waals surface area contributed by atoms with Gasteiger partial charge < -0.3 is 5.32 Å². The van der Waals surface area contributed by atoms with Gasteiger partial charge in [-0.25, -0.2) is 0 Å². The van der Waals surface area contributed by atoms with Gasteiger partial charge in [0.15, 0.2) is 0 Å². The quantitative estimate of drug-likeness (QED) is 0.812. The minimum atomic E-state index is 0.334. The van der Waals surface area contributed by atoms with E-state index in [0.29, 0.717) is 6.04 Å². The first-order valence-corrected chi connectivity index (χ1v) is 6.50. The third-order valence-corrected chi connectivity index (χ3v) is 3.46. The Morgan fingerprint density at radius 3 is 2.60 bits per heavy atom. The topological polar surface area (TPSA) is 37.8 Å². The van der Waals surface area contributed by atoms with Crippen LogP contribution in [-0.4, -0.2) is 16.7 Å². The number of hydrogen-bond acceptors (Lipinski definition) is 4. The molecule has 1 N–H and O–H groups in total. The van der Waals surface area contributed by atoms with Crippen LogP contribution in [0.15, 0.2) is 0 Å². The molecule has 15 heavy (non-hydrogen) atoms. The molecule has 1 aromatic rings. The lowest BCUT2D eigenvalue weighted by molar-refractivity contribution is 0.579. The lowest BCUT2D eigenvalue weighted by Gasteiger charge is -2.06. The molecule has 0 aromatic carbocycles. The van der Waals surface area contributed by atoms with E-state index in [1.165, 1.54) is 11.4 Å². The smallest absolute Gasteiger partial charge is 0.134 e. The fourth-order valence-corrected chi connectivity index (χ4v) is 2.23. The summed E-state index contributed by atoms with van der Waals surface area (Å²) < 4.78 is 0. The molecule has 0 radical (unpaired) electrons. The number of rotatable bonds is 6. The molecule has 0 aliphatic carbocycles. The van der Waals surface area contributed by atoms with E-state index < -0.39 is 0 Å². The van der Waals surface area contributed by atoms with Crippen LogP contribution in [0.25, 0.3) is 0 Å². The van der Waals surface area contributed by atoms with Gasteiger partial charge in [-0.05, 0) is 25.8 Å². The van der Waals surface area contributed by atoms with Crippen molar-refractivity contribution in [1.82, 2.24) is 15.5 Å². The van der Waals surface area contributed by atoms with Crippen LogP contribution in [0.1, 0.15) is 50.2 Å². The maximum atomic E-state index is 4.22. The first kappa shape index (κ1) is 12.6. The Morgan fingerprint density at radius 1 is 1.27 bits per heavy atom. The lowest BCUT2D eigenvalue weighted by Crippen LogP contribution is -2.17. The van der Waals surface area contributed by atoms with Gasteiger partial charge in [0.05, 0.1) is 6.04 Å². The van der Waals surface area contributed by atoms with Crippen molar-refractivity contribution in [3.63, 3.8) is 0 Å². The Morgan fingerprint density at radius 2 is 2.00 bits per heavy atom. The largest absolute Gasteiger partial charge is 0.308 e. The van der Waals surface area contributed by atoms with Crippen molar-refractivity contribution in [2.75, 3.05) is 6.54 Å². The summed E-state index contributed by atoms with van der Waals surface area (Å²) in [7, 11) is 0. The van der Waals surface area contributed by atoms with E-state index >= 15 is 0 Å². The van der Waals surface area contributed by atoms with E-state index in [-0.39, 0.29) is 0 Å². The molecule has 1 atom stereocenters. The Bertz CT molecular complexity index is 283. The molecular weight excluding hydrogens is 206 g/mol. The molecule has 1 aromatic heterocycles. The van der Waals surface area contributed by atoms with Crippen LogP contribution in [0.4, 0.5) is 0 Å². The molecule has 86 valence electrons. The molecule has 0 fully saturated rings. The summed E-state index contributed by atoms with van der Waals surface area (Å²) >= 11 is 1.74. The number of hydrogen-bond donors (Lipinski definition) is 1. The van der Waals surface area contributed by atoms with Gasteiger partial charge >= 0.3 is 0 Å². The highest BCUT2D eigenvalue weighted by molar-refractivity contribution is 7.11. The predicted molar refractivity (Wildman–Crippen MR) is 65.2 cm³/mol. The number of aromatic nitrogens is 2. The number of nitrogens with one attached hydrogen (secondary N) is 1. The van der Waals surface area contributed by atoms with Gasteiger partial charge in [0, 0.05) is 6.42 Å². The van der Waals surface area contributed by atoms with Crippen molar-refractivity contribution >= 4 is 11.3 Å². The van der Waals surface area contributed by atoms with Crippen molar-refractivity contribution < 1.29 is 0 Å². The van der Waals surface area contributed by atoms with E-state index in [1.54, 1.807) is 11.3 Å². The van der Waals surface area contributed by atoms with E-state index in [9.17, 15) is 0 Å². The zero-order chi connectivity index (χ0) is 11.3. The van der Waals surface area contributed by atoms with Gasteiger partial charge in [-0.3, -0.25) is 0 Å². The van der Waals surface area contributed by atoms with Crippen molar-refractivity contribution in [2.45, 2.75) is 46.6 Å². The zero-order valence-electron chi connectivity index (χ0n) is 10.1. The highest BCUT2D eigenvalue weighted by Crippen LogP contribution is 2.19. The van der Waals surface area contributed by atoms with Crippen molar-refractivity contribution in [1.29, 1.82) is 0 Å². The van der Waals surface area contributed by atoms with Crippen LogP contribution in [0.5, 0.6) is 0 Å². The number of nitrogens with zero attached hydrogens (tertiary/aromatic N) is 2. The highest BCUT2D eigenvalue weighted by Gasteiger charge is 2.10. The van der Waals surface area contributed by atoms with Crippen LogP contribution in [0.3, 0.4) is 0 Å². The highest BCUT2D eigenvalue weighted by atomic mass is 32.1. The molecule has 1 unspecified atom stereocenters. The fourth-order valence-electron chi connectivity index (χ4n) is 1.35. The molecule has 0 saturated heterocycles. The van der Waals surface area contributed by atoms with Crippen LogP contribution in [0, 0.1) is 5.92 Å². The summed E-state index contributed by atoms with van der Waals surface area (Å²) in [6, 6.07) is 0.334. The van der Waals surface area contributed by atoms with Gasteiger partial charge in [0.25, 0.3) is 0 Å². The first-order chi connectivity index (χ1) is 7.13. The molecule has 1 rings (SSSR count). The summed E-state index contributed by atoms with van der Waals surface area (Å²) in [5, 5.41) is 14.1. The van der Waals surface area contributed by atoms with Gasteiger partial charge in [-0.15, -0.1) is 10.2 Å². The van der Waals surface area contributed by atoms with E-state index in [1.807, 2.05) is 0 Å². The third kappa shape index (κ3) is 4.26. The maximum Gasteiger partial charge on any atom is 0.134 e. The number of aryl methyl sites for hydroxylation is 1. The molecule has 0 bridgehead atoms. The summed E-state index contributed by atoms with van der Waals surface area (Å²) in [4.78, 5) is 0. The monoisotopic (exact) mass is 227 g/mol. The first-order valence-electron chi connectivity index (χ1n) is 5.69. The van der Waals surface area contributed by atoms with Gasteiger partial charge in [-0.1, -0.05) is 32.1 Å². The van der Waals surface area contributed by atoms with Crippen LogP contribution < -0.4 is 5.32 Å². The van der Waals surface area contributed by atoms with Gasteiger partial charge in [-0.2, -0.15) is 0 Å². The second-order valence-corrected chi connectivity index (χ2v) is 5.34. The molecule has 1 heterocycles. The standard InChI is InChI=1S/C11H21N3S/c1-5-12-9(4)11-14-13-10(15-11)7-6-8(2)3/h8-9,12H,5-7H2,1-4H3. The Hall–Kier alpha value is -0.480. The van der Waals surface area contributed by atoms with Crippen molar-refractivity contribution in [2.24, 2.45) is 5.92 Å². The molecule has 3 nitrogen and oxygen atoms in total. The molecule has 0 aliphatic rings. The third-order valence-electron chi connectivity index (χ3n) is 2.30. The van der Waals surface area contributed by atoms with Crippen molar-refractivity contribution in [3.8, 4) is 0 Å². The van der Waals surface area contributed by atoms with Crippen LogP contribution >= 0.6 is 11.3 Å². The van der Waals surface area contributed by atoms with Crippen LogP contribution in [0.2, 0.25) is 0 Å². The minimum Gasteiger partial charge on any atom is -0.308 e. The second-order valence-electron chi connectivity index (χ2n) is 4.25.